The highest BCUT2D eigenvalue weighted by molar-refractivity contribution is 7.99. The van der Waals surface area contributed by atoms with Gasteiger partial charge in [0, 0.05) is 6.04 Å². The van der Waals surface area contributed by atoms with Crippen LogP contribution in [0.4, 0.5) is 5.69 Å². The Balaban J connectivity index is 1.56. The van der Waals surface area contributed by atoms with Crippen LogP contribution in [0.15, 0.2) is 45.7 Å². The van der Waals surface area contributed by atoms with Crippen LogP contribution in [0, 0.1) is 0 Å². The molecule has 1 aliphatic carbocycles. The number of aromatic nitrogens is 2. The molecular formula is C22H23N3O4S2. The molecule has 1 aliphatic rings. The summed E-state index contributed by atoms with van der Waals surface area (Å²) in [6.45, 7) is 0. The number of carbonyl (C=O) groups is 2. The topological polar surface area (TPSA) is 90.3 Å². The first-order chi connectivity index (χ1) is 15.1. The summed E-state index contributed by atoms with van der Waals surface area (Å²) >= 11 is 2.65. The van der Waals surface area contributed by atoms with Gasteiger partial charge in [0.05, 0.1) is 29.6 Å². The molecule has 1 amide bonds. The minimum Gasteiger partial charge on any atom is -0.465 e. The first kappa shape index (κ1) is 21.6. The maximum atomic E-state index is 13.2. The Labute approximate surface area is 187 Å². The van der Waals surface area contributed by atoms with Crippen molar-refractivity contribution in [3.63, 3.8) is 0 Å². The van der Waals surface area contributed by atoms with Crippen LogP contribution in [0.3, 0.4) is 0 Å². The first-order valence-electron chi connectivity index (χ1n) is 10.2. The third kappa shape index (κ3) is 4.67. The normalized spacial score (nSPS) is 14.5. The summed E-state index contributed by atoms with van der Waals surface area (Å²) in [5.41, 5.74) is 1.33. The highest BCUT2D eigenvalue weighted by Crippen LogP contribution is 2.31. The summed E-state index contributed by atoms with van der Waals surface area (Å²) in [4.78, 5) is 42.4. The Morgan fingerprint density at radius 2 is 2.00 bits per heavy atom. The van der Waals surface area contributed by atoms with Gasteiger partial charge in [-0.25, -0.2) is 9.78 Å². The zero-order valence-corrected chi connectivity index (χ0v) is 18.8. The molecule has 0 spiro atoms. The number of benzene rings is 1. The van der Waals surface area contributed by atoms with E-state index in [1.807, 2.05) is 11.4 Å². The highest BCUT2D eigenvalue weighted by Gasteiger charge is 2.23. The van der Waals surface area contributed by atoms with E-state index in [2.05, 4.69) is 5.32 Å². The van der Waals surface area contributed by atoms with Gasteiger partial charge in [-0.3, -0.25) is 14.2 Å². The molecule has 0 unspecified atom stereocenters. The van der Waals surface area contributed by atoms with Gasteiger partial charge < -0.3 is 10.1 Å². The summed E-state index contributed by atoms with van der Waals surface area (Å²) in [6.07, 6.45) is 5.27. The van der Waals surface area contributed by atoms with E-state index in [-0.39, 0.29) is 23.3 Å². The molecule has 2 aromatic heterocycles. The zero-order chi connectivity index (χ0) is 21.8. The van der Waals surface area contributed by atoms with E-state index in [4.69, 9.17) is 9.72 Å². The summed E-state index contributed by atoms with van der Waals surface area (Å²) < 4.78 is 7.22. The van der Waals surface area contributed by atoms with E-state index in [1.165, 1.54) is 36.6 Å². The largest absolute Gasteiger partial charge is 0.465 e. The lowest BCUT2D eigenvalue weighted by Crippen LogP contribution is -2.29. The smallest absolute Gasteiger partial charge is 0.339 e. The molecule has 3 aromatic rings. The summed E-state index contributed by atoms with van der Waals surface area (Å²) in [5.74, 6) is -0.722. The molecule has 4 rings (SSSR count). The number of hydrogen-bond acceptors (Lipinski definition) is 7. The fourth-order valence-corrected chi connectivity index (χ4v) is 5.50. The van der Waals surface area contributed by atoms with Gasteiger partial charge in [-0.2, -0.15) is 0 Å². The van der Waals surface area contributed by atoms with Gasteiger partial charge in [-0.1, -0.05) is 43.2 Å². The van der Waals surface area contributed by atoms with E-state index in [0.29, 0.717) is 26.6 Å². The average Bonchev–Trinajstić information content (AvgIpc) is 3.27. The quantitative estimate of drug-likeness (QED) is 0.333. The van der Waals surface area contributed by atoms with Crippen molar-refractivity contribution in [2.24, 2.45) is 0 Å². The molecule has 7 nitrogen and oxygen atoms in total. The molecule has 0 saturated heterocycles. The third-order valence-electron chi connectivity index (χ3n) is 5.36. The number of hydrogen-bond donors (Lipinski definition) is 1. The molecule has 0 radical (unpaired) electrons. The summed E-state index contributed by atoms with van der Waals surface area (Å²) in [7, 11) is 1.30. The van der Waals surface area contributed by atoms with E-state index in [0.717, 1.165) is 25.7 Å². The Kier molecular flexibility index (Phi) is 6.72. The number of thiophene rings is 1. The molecule has 9 heteroatoms. The maximum absolute atomic E-state index is 13.2. The number of fused-ring (bicyclic) bond motifs is 1. The van der Waals surface area contributed by atoms with Gasteiger partial charge in [0.2, 0.25) is 5.91 Å². The lowest BCUT2D eigenvalue weighted by molar-refractivity contribution is -0.113. The minimum atomic E-state index is -0.515. The predicted molar refractivity (Wildman–Crippen MR) is 123 cm³/mol. The van der Waals surface area contributed by atoms with Gasteiger partial charge >= 0.3 is 5.97 Å². The molecule has 162 valence electrons. The number of rotatable bonds is 6. The number of esters is 1. The standard InChI is InChI=1S/C22H23N3O4S2/c1-29-21(28)15-9-5-6-10-16(15)23-18(26)13-31-22-24-17-11-12-30-19(17)20(27)25(22)14-7-3-2-4-8-14/h5-6,9-12,14H,2-4,7-8,13H2,1H3,(H,23,26). The SMILES string of the molecule is COC(=O)c1ccccc1NC(=O)CSc1nc2ccsc2c(=O)n1C1CCCCC1. The van der Waals surface area contributed by atoms with E-state index in [1.54, 1.807) is 28.8 Å². The van der Waals surface area contributed by atoms with E-state index < -0.39 is 5.97 Å². The van der Waals surface area contributed by atoms with Crippen molar-refractivity contribution < 1.29 is 14.3 Å². The van der Waals surface area contributed by atoms with Crippen LogP contribution >= 0.6 is 23.1 Å². The van der Waals surface area contributed by atoms with E-state index in [9.17, 15) is 14.4 Å². The van der Waals surface area contributed by atoms with Gasteiger partial charge in [-0.05, 0) is 36.4 Å². The molecule has 1 aromatic carbocycles. The summed E-state index contributed by atoms with van der Waals surface area (Å²) in [5, 5.41) is 5.21. The number of amides is 1. The molecule has 1 fully saturated rings. The van der Waals surface area contributed by atoms with Crippen LogP contribution < -0.4 is 10.9 Å². The number of methoxy groups -OCH3 is 1. The van der Waals surface area contributed by atoms with Crippen molar-refractivity contribution >= 4 is 50.9 Å². The number of ether oxygens (including phenoxy) is 1. The van der Waals surface area contributed by atoms with Crippen LogP contribution in [-0.2, 0) is 9.53 Å². The second kappa shape index (κ2) is 9.65. The first-order valence-corrected chi connectivity index (χ1v) is 12.0. The number of carbonyl (C=O) groups excluding carboxylic acids is 2. The number of anilines is 1. The van der Waals surface area contributed by atoms with Gasteiger partial charge in [-0.15, -0.1) is 11.3 Å². The van der Waals surface area contributed by atoms with Gasteiger partial charge in [0.1, 0.15) is 4.70 Å². The zero-order valence-electron chi connectivity index (χ0n) is 17.1. The van der Waals surface area contributed by atoms with Crippen LogP contribution in [-0.4, -0.2) is 34.3 Å². The van der Waals surface area contributed by atoms with Crippen LogP contribution in [0.1, 0.15) is 48.5 Å². The van der Waals surface area contributed by atoms with E-state index >= 15 is 0 Å². The molecule has 0 bridgehead atoms. The Hall–Kier alpha value is -2.65. The minimum absolute atomic E-state index is 0.0224. The Morgan fingerprint density at radius 1 is 1.23 bits per heavy atom. The van der Waals surface area contributed by atoms with Gasteiger partial charge in [0.15, 0.2) is 5.16 Å². The lowest BCUT2D eigenvalue weighted by atomic mass is 9.95. The predicted octanol–water partition coefficient (Wildman–Crippen LogP) is 4.48. The molecular weight excluding hydrogens is 434 g/mol. The number of nitrogens with one attached hydrogen (secondary N) is 1. The van der Waals surface area contributed by atoms with Crippen LogP contribution in [0.25, 0.3) is 10.2 Å². The molecule has 2 heterocycles. The fourth-order valence-electron chi connectivity index (χ4n) is 3.86. The average molecular weight is 458 g/mol. The number of thioether (sulfide) groups is 1. The summed E-state index contributed by atoms with van der Waals surface area (Å²) in [6, 6.07) is 8.65. The number of nitrogens with zero attached hydrogens (tertiary/aromatic N) is 2. The Bertz CT molecular complexity index is 1170. The van der Waals surface area contributed by atoms with Crippen molar-refractivity contribution in [2.45, 2.75) is 43.3 Å². The van der Waals surface area contributed by atoms with Crippen molar-refractivity contribution in [3.8, 4) is 0 Å². The second-order valence-electron chi connectivity index (χ2n) is 7.37. The van der Waals surface area contributed by atoms with Crippen molar-refractivity contribution in [2.75, 3.05) is 18.2 Å². The fraction of sp³-hybridized carbons (Fsp3) is 0.364. The maximum Gasteiger partial charge on any atom is 0.339 e. The molecule has 0 aliphatic heterocycles. The number of para-hydroxylation sites is 1. The van der Waals surface area contributed by atoms with Crippen molar-refractivity contribution in [1.29, 1.82) is 0 Å². The highest BCUT2D eigenvalue weighted by atomic mass is 32.2. The lowest BCUT2D eigenvalue weighted by Gasteiger charge is -2.25. The molecule has 1 saturated carbocycles. The second-order valence-corrected chi connectivity index (χ2v) is 9.23. The molecule has 1 N–H and O–H groups in total. The monoisotopic (exact) mass is 457 g/mol. The molecule has 31 heavy (non-hydrogen) atoms. The molecule has 0 atom stereocenters. The van der Waals surface area contributed by atoms with Crippen molar-refractivity contribution in [3.05, 3.63) is 51.6 Å². The van der Waals surface area contributed by atoms with Crippen LogP contribution in [0.5, 0.6) is 0 Å². The van der Waals surface area contributed by atoms with Crippen LogP contribution in [0.2, 0.25) is 0 Å². The third-order valence-corrected chi connectivity index (χ3v) is 7.20. The Morgan fingerprint density at radius 3 is 2.77 bits per heavy atom. The van der Waals surface area contributed by atoms with Gasteiger partial charge in [0.25, 0.3) is 5.56 Å². The van der Waals surface area contributed by atoms with Crippen molar-refractivity contribution in [1.82, 2.24) is 9.55 Å².